The topological polar surface area (TPSA) is 34.1 Å². The van der Waals surface area contributed by atoms with E-state index < -0.39 is 13.5 Å². The molecule has 2 aromatic carbocycles. The van der Waals surface area contributed by atoms with Crippen molar-refractivity contribution in [3.63, 3.8) is 0 Å². The second-order valence-electron chi connectivity index (χ2n) is 4.37. The van der Waals surface area contributed by atoms with Crippen molar-refractivity contribution < 1.29 is 9.59 Å². The minimum absolute atomic E-state index is 0.116. The van der Waals surface area contributed by atoms with Crippen LogP contribution < -0.4 is 8.92 Å². The van der Waals surface area contributed by atoms with Gasteiger partial charge in [0.2, 0.25) is 0 Å². The molecule has 0 heterocycles. The zero-order chi connectivity index (χ0) is 14.5. The summed E-state index contributed by atoms with van der Waals surface area (Å²) in [6, 6.07) is 19.7. The van der Waals surface area contributed by atoms with Crippen molar-refractivity contribution in [2.45, 2.75) is 13.8 Å². The fourth-order valence-corrected chi connectivity index (χ4v) is 6.59. The van der Waals surface area contributed by atoms with Crippen molar-refractivity contribution in [2.24, 2.45) is 0 Å². The van der Waals surface area contributed by atoms with Crippen LogP contribution in [0.4, 0.5) is 0 Å². The molecular formula is C17H16O2Se. The Morgan fingerprint density at radius 3 is 1.35 bits per heavy atom. The summed E-state index contributed by atoms with van der Waals surface area (Å²) in [6.45, 7) is 2.97. The summed E-state index contributed by atoms with van der Waals surface area (Å²) in [5.41, 5.74) is 0. The van der Waals surface area contributed by atoms with Gasteiger partial charge < -0.3 is 0 Å². The number of rotatable bonds is 4. The summed E-state index contributed by atoms with van der Waals surface area (Å²) < 4.78 is 2.63. The van der Waals surface area contributed by atoms with E-state index in [4.69, 9.17) is 0 Å². The predicted molar refractivity (Wildman–Crippen MR) is 84.3 cm³/mol. The zero-order valence-electron chi connectivity index (χ0n) is 11.5. The fourth-order valence-electron chi connectivity index (χ4n) is 2.02. The zero-order valence-corrected chi connectivity index (χ0v) is 13.2. The number of carbonyl (C=O) groups excluding carboxylic acids is 2. The first kappa shape index (κ1) is 14.6. The average molecular weight is 331 g/mol. The first-order valence-electron chi connectivity index (χ1n) is 6.34. The van der Waals surface area contributed by atoms with Gasteiger partial charge in [0.05, 0.1) is 0 Å². The second-order valence-corrected chi connectivity index (χ2v) is 8.49. The molecule has 2 nitrogen and oxygen atoms in total. The van der Waals surface area contributed by atoms with Crippen LogP contribution in [-0.2, 0) is 9.59 Å². The first-order valence-corrected chi connectivity index (χ1v) is 8.91. The van der Waals surface area contributed by atoms with Crippen molar-refractivity contribution >= 4 is 38.4 Å². The van der Waals surface area contributed by atoms with E-state index in [0.29, 0.717) is 4.42 Å². The van der Waals surface area contributed by atoms with Crippen LogP contribution in [0.25, 0.3) is 0 Å². The predicted octanol–water partition coefficient (Wildman–Crippen LogP) is 1.23. The summed E-state index contributed by atoms with van der Waals surface area (Å²) in [6.07, 6.45) is 0. The average Bonchev–Trinajstić information content (AvgIpc) is 2.45. The summed E-state index contributed by atoms with van der Waals surface area (Å²) in [5, 5.41) is 0. The SMILES string of the molecule is CC(=O)C(C(C)=O)=[Se](c1ccccc1)c1ccccc1. The van der Waals surface area contributed by atoms with Crippen molar-refractivity contribution in [2.75, 3.05) is 0 Å². The van der Waals surface area contributed by atoms with Gasteiger partial charge in [0.25, 0.3) is 0 Å². The molecule has 0 saturated carbocycles. The number of carbonyl (C=O) groups is 2. The molecule has 0 aliphatic heterocycles. The maximum atomic E-state index is 11.9. The second kappa shape index (κ2) is 6.55. The molecule has 0 aromatic heterocycles. The molecule has 2 rings (SSSR count). The Balaban J connectivity index is 2.77. The normalized spacial score (nSPS) is 10.3. The Hall–Kier alpha value is -1.83. The maximum absolute atomic E-state index is 11.9. The monoisotopic (exact) mass is 332 g/mol. The molecule has 102 valence electrons. The molecule has 0 spiro atoms. The Bertz CT molecular complexity index is 600. The van der Waals surface area contributed by atoms with Gasteiger partial charge in [-0.3, -0.25) is 0 Å². The van der Waals surface area contributed by atoms with E-state index in [1.807, 2.05) is 60.7 Å². The minimum atomic E-state index is -1.80. The van der Waals surface area contributed by atoms with E-state index in [2.05, 4.69) is 0 Å². The van der Waals surface area contributed by atoms with E-state index in [0.717, 1.165) is 8.92 Å². The van der Waals surface area contributed by atoms with Gasteiger partial charge in [-0.05, 0) is 0 Å². The summed E-state index contributed by atoms with van der Waals surface area (Å²) in [4.78, 5) is 23.9. The quantitative estimate of drug-likeness (QED) is 0.624. The molecule has 3 heteroatoms. The Morgan fingerprint density at radius 1 is 0.700 bits per heavy atom. The number of benzene rings is 2. The van der Waals surface area contributed by atoms with Crippen molar-refractivity contribution in [3.05, 3.63) is 60.7 Å². The Labute approximate surface area is 122 Å². The third-order valence-corrected chi connectivity index (χ3v) is 7.98. The van der Waals surface area contributed by atoms with Gasteiger partial charge in [0.15, 0.2) is 0 Å². The Kier molecular flexibility index (Phi) is 4.78. The molecule has 20 heavy (non-hydrogen) atoms. The van der Waals surface area contributed by atoms with E-state index >= 15 is 0 Å². The molecule has 0 unspecified atom stereocenters. The van der Waals surface area contributed by atoms with E-state index in [1.54, 1.807) is 0 Å². The molecule has 2 aromatic rings. The van der Waals surface area contributed by atoms with Gasteiger partial charge >= 0.3 is 122 Å². The molecule has 0 amide bonds. The van der Waals surface area contributed by atoms with E-state index in [9.17, 15) is 9.59 Å². The number of hydrogen-bond donors (Lipinski definition) is 0. The molecule has 0 aliphatic rings. The van der Waals surface area contributed by atoms with Gasteiger partial charge in [0, 0.05) is 0 Å². The van der Waals surface area contributed by atoms with Crippen LogP contribution in [0.3, 0.4) is 0 Å². The molecule has 0 atom stereocenters. The molecule has 0 fully saturated rings. The Morgan fingerprint density at radius 2 is 1.05 bits per heavy atom. The van der Waals surface area contributed by atoms with E-state index in [1.165, 1.54) is 13.8 Å². The first-order chi connectivity index (χ1) is 9.61. The van der Waals surface area contributed by atoms with Gasteiger partial charge in [-0.2, -0.15) is 0 Å². The molecule has 0 aliphatic carbocycles. The summed E-state index contributed by atoms with van der Waals surface area (Å²) >= 11 is -1.80. The molecule has 0 N–H and O–H groups in total. The van der Waals surface area contributed by atoms with Crippen LogP contribution in [0.15, 0.2) is 60.7 Å². The van der Waals surface area contributed by atoms with Gasteiger partial charge in [-0.15, -0.1) is 0 Å². The van der Waals surface area contributed by atoms with Crippen molar-refractivity contribution in [1.82, 2.24) is 0 Å². The third kappa shape index (κ3) is 3.19. The van der Waals surface area contributed by atoms with Crippen LogP contribution >= 0.6 is 0 Å². The van der Waals surface area contributed by atoms with Crippen LogP contribution in [0, 0.1) is 0 Å². The van der Waals surface area contributed by atoms with Crippen LogP contribution in [0.5, 0.6) is 0 Å². The van der Waals surface area contributed by atoms with Crippen LogP contribution in [0.1, 0.15) is 13.8 Å². The molecule has 0 bridgehead atoms. The molecular weight excluding hydrogens is 315 g/mol. The van der Waals surface area contributed by atoms with Crippen molar-refractivity contribution in [3.8, 4) is 0 Å². The fraction of sp³-hybridized carbons (Fsp3) is 0.118. The number of ketones is 2. The third-order valence-electron chi connectivity index (χ3n) is 2.80. The summed E-state index contributed by atoms with van der Waals surface area (Å²) in [7, 11) is 0. The van der Waals surface area contributed by atoms with Crippen molar-refractivity contribution in [1.29, 1.82) is 0 Å². The van der Waals surface area contributed by atoms with Gasteiger partial charge in [0.1, 0.15) is 0 Å². The van der Waals surface area contributed by atoms with Crippen LogP contribution in [-0.4, -0.2) is 29.4 Å². The number of Topliss-reactive ketones (excluding diaryl/α,β-unsaturated/α-hetero) is 2. The summed E-state index contributed by atoms with van der Waals surface area (Å²) in [5.74, 6) is -0.231. The van der Waals surface area contributed by atoms with Crippen LogP contribution in [0.2, 0.25) is 0 Å². The molecule has 0 saturated heterocycles. The van der Waals surface area contributed by atoms with E-state index in [-0.39, 0.29) is 11.6 Å². The van der Waals surface area contributed by atoms with Gasteiger partial charge in [-0.25, -0.2) is 0 Å². The number of hydrogen-bond acceptors (Lipinski definition) is 2. The molecule has 0 radical (unpaired) electrons. The standard InChI is InChI=1S/C17H16O2Se/c1-13(18)17(14(2)19)20(15-9-5-3-6-10-15)16-11-7-4-8-12-16/h3-12H,1-2H3. The van der Waals surface area contributed by atoms with Gasteiger partial charge in [-0.1, -0.05) is 0 Å².